The molecule has 17 heavy (non-hydrogen) atoms. The fourth-order valence-electron chi connectivity index (χ4n) is 1.36. The van der Waals surface area contributed by atoms with Crippen LogP contribution in [0.3, 0.4) is 0 Å². The van der Waals surface area contributed by atoms with Gasteiger partial charge in [0.2, 0.25) is 0 Å². The SMILES string of the molecule is CCCCNC(=O)c1ccc(Cl)c(B(O)O)c1. The van der Waals surface area contributed by atoms with Crippen LogP contribution in [0.15, 0.2) is 18.2 Å². The van der Waals surface area contributed by atoms with Crippen molar-refractivity contribution in [2.24, 2.45) is 0 Å². The molecule has 0 radical (unpaired) electrons. The van der Waals surface area contributed by atoms with Crippen LogP contribution < -0.4 is 10.8 Å². The summed E-state index contributed by atoms with van der Waals surface area (Å²) in [5, 5.41) is 21.1. The fraction of sp³-hybridized carbons (Fsp3) is 0.364. The molecule has 0 unspecified atom stereocenters. The van der Waals surface area contributed by atoms with E-state index in [0.29, 0.717) is 12.1 Å². The third-order valence-corrected chi connectivity index (χ3v) is 2.70. The number of unbranched alkanes of at least 4 members (excludes halogenated alkanes) is 1. The molecule has 0 aliphatic heterocycles. The lowest BCUT2D eigenvalue weighted by atomic mass is 9.79. The van der Waals surface area contributed by atoms with Crippen molar-refractivity contribution in [3.8, 4) is 0 Å². The molecular formula is C11H15BClNO3. The van der Waals surface area contributed by atoms with Gasteiger partial charge in [0.15, 0.2) is 0 Å². The zero-order valence-electron chi connectivity index (χ0n) is 9.61. The van der Waals surface area contributed by atoms with Crippen LogP contribution in [0.4, 0.5) is 0 Å². The van der Waals surface area contributed by atoms with E-state index in [9.17, 15) is 4.79 Å². The van der Waals surface area contributed by atoms with Crippen molar-refractivity contribution in [1.29, 1.82) is 0 Å². The van der Waals surface area contributed by atoms with Crippen LogP contribution in [-0.4, -0.2) is 29.6 Å². The molecule has 1 rings (SSSR count). The Kier molecular flexibility index (Phi) is 5.48. The molecule has 0 aliphatic rings. The quantitative estimate of drug-likeness (QED) is 0.532. The van der Waals surface area contributed by atoms with Crippen LogP contribution in [-0.2, 0) is 0 Å². The lowest BCUT2D eigenvalue weighted by Crippen LogP contribution is -2.33. The van der Waals surface area contributed by atoms with Gasteiger partial charge in [-0.05, 0) is 24.6 Å². The predicted molar refractivity (Wildman–Crippen MR) is 68.5 cm³/mol. The molecule has 1 aromatic carbocycles. The number of nitrogens with one attached hydrogen (secondary N) is 1. The molecule has 0 bridgehead atoms. The monoisotopic (exact) mass is 255 g/mol. The van der Waals surface area contributed by atoms with E-state index in [2.05, 4.69) is 5.32 Å². The van der Waals surface area contributed by atoms with Gasteiger partial charge in [-0.25, -0.2) is 0 Å². The first-order valence-corrected chi connectivity index (χ1v) is 5.87. The number of amides is 1. The maximum atomic E-state index is 11.7. The van der Waals surface area contributed by atoms with E-state index in [1.54, 1.807) is 6.07 Å². The molecule has 1 amide bonds. The largest absolute Gasteiger partial charge is 0.489 e. The summed E-state index contributed by atoms with van der Waals surface area (Å²) in [6.45, 7) is 2.64. The summed E-state index contributed by atoms with van der Waals surface area (Å²) in [5.74, 6) is -0.239. The van der Waals surface area contributed by atoms with Crippen molar-refractivity contribution >= 4 is 30.1 Å². The highest BCUT2D eigenvalue weighted by atomic mass is 35.5. The number of carbonyl (C=O) groups is 1. The van der Waals surface area contributed by atoms with E-state index in [1.807, 2.05) is 6.92 Å². The van der Waals surface area contributed by atoms with Crippen LogP contribution >= 0.6 is 11.6 Å². The van der Waals surface area contributed by atoms with Crippen molar-refractivity contribution < 1.29 is 14.8 Å². The van der Waals surface area contributed by atoms with Crippen LogP contribution in [0.5, 0.6) is 0 Å². The van der Waals surface area contributed by atoms with Gasteiger partial charge in [0.25, 0.3) is 5.91 Å². The Balaban J connectivity index is 2.77. The Morgan fingerprint density at radius 2 is 2.18 bits per heavy atom. The Labute approximate surface area is 106 Å². The molecule has 0 heterocycles. The zero-order chi connectivity index (χ0) is 12.8. The van der Waals surface area contributed by atoms with Crippen molar-refractivity contribution in [2.45, 2.75) is 19.8 Å². The lowest BCUT2D eigenvalue weighted by Gasteiger charge is -2.07. The van der Waals surface area contributed by atoms with E-state index >= 15 is 0 Å². The van der Waals surface area contributed by atoms with E-state index in [0.717, 1.165) is 12.8 Å². The summed E-state index contributed by atoms with van der Waals surface area (Å²) < 4.78 is 0. The van der Waals surface area contributed by atoms with Crippen LogP contribution in [0.1, 0.15) is 30.1 Å². The standard InChI is InChI=1S/C11H15BClNO3/c1-2-3-6-14-11(15)8-4-5-10(13)9(7-8)12(16)17/h4-5,7,16-17H,2-3,6H2,1H3,(H,14,15). The summed E-state index contributed by atoms with van der Waals surface area (Å²) >= 11 is 5.77. The summed E-state index contributed by atoms with van der Waals surface area (Å²) in [5.41, 5.74) is 0.503. The van der Waals surface area contributed by atoms with Gasteiger partial charge < -0.3 is 15.4 Å². The first-order valence-electron chi connectivity index (χ1n) is 5.50. The van der Waals surface area contributed by atoms with Gasteiger partial charge in [0.05, 0.1) is 0 Å². The van der Waals surface area contributed by atoms with Crippen LogP contribution in [0.25, 0.3) is 0 Å². The van der Waals surface area contributed by atoms with Crippen molar-refractivity contribution in [2.75, 3.05) is 6.54 Å². The van der Waals surface area contributed by atoms with Gasteiger partial charge in [0.1, 0.15) is 0 Å². The Morgan fingerprint density at radius 1 is 1.47 bits per heavy atom. The average Bonchev–Trinajstić information content (AvgIpc) is 2.29. The van der Waals surface area contributed by atoms with E-state index in [4.69, 9.17) is 21.6 Å². The second kappa shape index (κ2) is 6.64. The van der Waals surface area contributed by atoms with Gasteiger partial charge in [-0.15, -0.1) is 0 Å². The highest BCUT2D eigenvalue weighted by Crippen LogP contribution is 2.08. The molecule has 0 aromatic heterocycles. The second-order valence-corrected chi connectivity index (χ2v) is 4.13. The first kappa shape index (κ1) is 14.0. The average molecular weight is 256 g/mol. The molecule has 0 saturated heterocycles. The highest BCUT2D eigenvalue weighted by Gasteiger charge is 2.17. The lowest BCUT2D eigenvalue weighted by molar-refractivity contribution is 0.0953. The molecule has 0 aliphatic carbocycles. The molecule has 3 N–H and O–H groups in total. The molecule has 6 heteroatoms. The van der Waals surface area contributed by atoms with E-state index < -0.39 is 7.12 Å². The fourth-order valence-corrected chi connectivity index (χ4v) is 1.58. The minimum atomic E-state index is -1.68. The van der Waals surface area contributed by atoms with Gasteiger partial charge in [-0.3, -0.25) is 4.79 Å². The van der Waals surface area contributed by atoms with E-state index in [1.165, 1.54) is 12.1 Å². The topological polar surface area (TPSA) is 69.6 Å². The number of halogens is 1. The molecule has 0 fully saturated rings. The maximum absolute atomic E-state index is 11.7. The zero-order valence-corrected chi connectivity index (χ0v) is 10.4. The van der Waals surface area contributed by atoms with Crippen molar-refractivity contribution in [1.82, 2.24) is 5.32 Å². The summed E-state index contributed by atoms with van der Waals surface area (Å²) in [6.07, 6.45) is 1.91. The number of hydrogen-bond acceptors (Lipinski definition) is 3. The van der Waals surface area contributed by atoms with Gasteiger partial charge in [-0.2, -0.15) is 0 Å². The van der Waals surface area contributed by atoms with Crippen molar-refractivity contribution in [3.63, 3.8) is 0 Å². The first-order chi connectivity index (χ1) is 8.06. The Morgan fingerprint density at radius 3 is 2.76 bits per heavy atom. The molecule has 0 spiro atoms. The van der Waals surface area contributed by atoms with Gasteiger partial charge >= 0.3 is 7.12 Å². The molecule has 4 nitrogen and oxygen atoms in total. The smallest absolute Gasteiger partial charge is 0.423 e. The number of hydrogen-bond donors (Lipinski definition) is 3. The Hall–Kier alpha value is -1.04. The van der Waals surface area contributed by atoms with Gasteiger partial charge in [0, 0.05) is 22.6 Å². The summed E-state index contributed by atoms with van der Waals surface area (Å²) in [4.78, 5) is 11.7. The minimum absolute atomic E-state index is 0.134. The molecule has 92 valence electrons. The number of carbonyl (C=O) groups excluding carboxylic acids is 1. The summed E-state index contributed by atoms with van der Waals surface area (Å²) in [7, 11) is -1.68. The summed E-state index contributed by atoms with van der Waals surface area (Å²) in [6, 6.07) is 4.41. The van der Waals surface area contributed by atoms with E-state index in [-0.39, 0.29) is 16.4 Å². The molecule has 0 saturated carbocycles. The van der Waals surface area contributed by atoms with Crippen LogP contribution in [0, 0.1) is 0 Å². The number of benzene rings is 1. The van der Waals surface area contributed by atoms with Crippen LogP contribution in [0.2, 0.25) is 5.02 Å². The molecule has 1 aromatic rings. The van der Waals surface area contributed by atoms with Gasteiger partial charge in [-0.1, -0.05) is 24.9 Å². The third kappa shape index (κ3) is 4.04. The maximum Gasteiger partial charge on any atom is 0.489 e. The minimum Gasteiger partial charge on any atom is -0.423 e. The normalized spacial score (nSPS) is 10.1. The molecule has 0 atom stereocenters. The number of rotatable bonds is 5. The second-order valence-electron chi connectivity index (χ2n) is 3.72. The molecular weight excluding hydrogens is 240 g/mol. The highest BCUT2D eigenvalue weighted by molar-refractivity contribution is 6.62. The Bertz CT molecular complexity index is 398. The predicted octanol–water partition coefficient (Wildman–Crippen LogP) is 0.550. The van der Waals surface area contributed by atoms with Crippen molar-refractivity contribution in [3.05, 3.63) is 28.8 Å². The third-order valence-electron chi connectivity index (χ3n) is 2.35.